The zero-order valence-corrected chi connectivity index (χ0v) is 8.94. The molecule has 0 unspecified atom stereocenters. The Bertz CT molecular complexity index is 233. The van der Waals surface area contributed by atoms with Gasteiger partial charge in [-0.25, -0.2) is 0 Å². The highest BCUT2D eigenvalue weighted by molar-refractivity contribution is 5.82. The molecule has 0 aromatic rings. The Morgan fingerprint density at radius 1 is 1.50 bits per heavy atom. The Morgan fingerprint density at radius 3 is 2.71 bits per heavy atom. The van der Waals surface area contributed by atoms with E-state index in [2.05, 4.69) is 18.2 Å². The number of nitrogens with one attached hydrogen (secondary N) is 1. The van der Waals surface area contributed by atoms with Gasteiger partial charge in [0.25, 0.3) is 0 Å². The lowest BCUT2D eigenvalue weighted by Crippen LogP contribution is -2.37. The van der Waals surface area contributed by atoms with Crippen LogP contribution in [0, 0.1) is 17.8 Å². The van der Waals surface area contributed by atoms with Crippen molar-refractivity contribution in [1.29, 1.82) is 0 Å². The molecule has 78 valence electrons. The molecule has 2 heteroatoms. The molecule has 1 amide bonds. The van der Waals surface area contributed by atoms with Crippen molar-refractivity contribution in [2.45, 2.75) is 45.4 Å². The van der Waals surface area contributed by atoms with Gasteiger partial charge in [0.05, 0.1) is 0 Å². The Morgan fingerprint density at radius 2 is 2.14 bits per heavy atom. The van der Waals surface area contributed by atoms with Crippen LogP contribution in [0.25, 0.3) is 0 Å². The van der Waals surface area contributed by atoms with Gasteiger partial charge in [-0.15, -0.1) is 12.3 Å². The standard InChI is InChI=1S/C12H19NO/c1-3-4-7-10-13-11(14)12(2)8-5-6-9-12/h1H,4-10H2,2H3,(H,13,14). The predicted octanol–water partition coefficient (Wildman–Crippen LogP) is 2.10. The quantitative estimate of drug-likeness (QED) is 0.537. The fourth-order valence-electron chi connectivity index (χ4n) is 1.99. The first kappa shape index (κ1) is 11.1. The van der Waals surface area contributed by atoms with Gasteiger partial charge >= 0.3 is 0 Å². The van der Waals surface area contributed by atoms with Crippen LogP contribution in [-0.4, -0.2) is 12.5 Å². The summed E-state index contributed by atoms with van der Waals surface area (Å²) in [5.41, 5.74) is -0.101. The van der Waals surface area contributed by atoms with E-state index in [9.17, 15) is 4.79 Å². The molecule has 1 saturated carbocycles. The number of rotatable bonds is 4. The second-order valence-electron chi connectivity index (χ2n) is 4.33. The summed E-state index contributed by atoms with van der Waals surface area (Å²) in [4.78, 5) is 11.8. The third-order valence-electron chi connectivity index (χ3n) is 3.04. The van der Waals surface area contributed by atoms with Crippen LogP contribution >= 0.6 is 0 Å². The van der Waals surface area contributed by atoms with Crippen LogP contribution in [0.3, 0.4) is 0 Å². The van der Waals surface area contributed by atoms with Crippen LogP contribution in [0.4, 0.5) is 0 Å². The molecule has 1 fully saturated rings. The minimum Gasteiger partial charge on any atom is -0.356 e. The van der Waals surface area contributed by atoms with Gasteiger partial charge in [-0.3, -0.25) is 4.79 Å². The lowest BCUT2D eigenvalue weighted by Gasteiger charge is -2.21. The molecular formula is C12H19NO. The lowest BCUT2D eigenvalue weighted by molar-refractivity contribution is -0.129. The Kier molecular flexibility index (Phi) is 4.00. The molecule has 0 spiro atoms. The normalized spacial score (nSPS) is 18.9. The molecule has 0 radical (unpaired) electrons. The van der Waals surface area contributed by atoms with Crippen LogP contribution < -0.4 is 5.32 Å². The maximum Gasteiger partial charge on any atom is 0.225 e. The van der Waals surface area contributed by atoms with E-state index in [1.54, 1.807) is 0 Å². The van der Waals surface area contributed by atoms with Crippen molar-refractivity contribution in [2.24, 2.45) is 5.41 Å². The minimum absolute atomic E-state index is 0.101. The van der Waals surface area contributed by atoms with Crippen molar-refractivity contribution in [2.75, 3.05) is 6.54 Å². The van der Waals surface area contributed by atoms with E-state index in [4.69, 9.17) is 6.42 Å². The first-order valence-corrected chi connectivity index (χ1v) is 5.41. The summed E-state index contributed by atoms with van der Waals surface area (Å²) in [7, 11) is 0. The van der Waals surface area contributed by atoms with Gasteiger partial charge < -0.3 is 5.32 Å². The molecule has 0 atom stereocenters. The number of carbonyl (C=O) groups excluding carboxylic acids is 1. The number of hydrogen-bond acceptors (Lipinski definition) is 1. The zero-order chi connectivity index (χ0) is 10.4. The summed E-state index contributed by atoms with van der Waals surface area (Å²) in [6, 6.07) is 0. The van der Waals surface area contributed by atoms with Crippen molar-refractivity contribution in [3.63, 3.8) is 0 Å². The predicted molar refractivity (Wildman–Crippen MR) is 57.7 cm³/mol. The van der Waals surface area contributed by atoms with Crippen LogP contribution in [0.1, 0.15) is 45.4 Å². The lowest BCUT2D eigenvalue weighted by atomic mass is 9.88. The van der Waals surface area contributed by atoms with Crippen molar-refractivity contribution >= 4 is 5.91 Å². The van der Waals surface area contributed by atoms with E-state index in [1.165, 1.54) is 12.8 Å². The van der Waals surface area contributed by atoms with E-state index in [-0.39, 0.29) is 11.3 Å². The molecule has 0 aromatic carbocycles. The van der Waals surface area contributed by atoms with Crippen LogP contribution in [0.5, 0.6) is 0 Å². The number of hydrogen-bond donors (Lipinski definition) is 1. The second-order valence-corrected chi connectivity index (χ2v) is 4.33. The SMILES string of the molecule is C#CCCCNC(=O)C1(C)CCCC1. The van der Waals surface area contributed by atoms with Gasteiger partial charge in [-0.05, 0) is 19.3 Å². The van der Waals surface area contributed by atoms with E-state index < -0.39 is 0 Å². The van der Waals surface area contributed by atoms with Gasteiger partial charge in [-0.1, -0.05) is 19.8 Å². The second kappa shape index (κ2) is 5.05. The maximum absolute atomic E-state index is 11.8. The molecule has 0 heterocycles. The molecule has 0 aromatic heterocycles. The smallest absolute Gasteiger partial charge is 0.225 e. The zero-order valence-electron chi connectivity index (χ0n) is 8.94. The average Bonchev–Trinajstić information content (AvgIpc) is 2.61. The van der Waals surface area contributed by atoms with Crippen molar-refractivity contribution in [3.8, 4) is 12.3 Å². The van der Waals surface area contributed by atoms with Gasteiger partial charge in [0.15, 0.2) is 0 Å². The third-order valence-corrected chi connectivity index (χ3v) is 3.04. The summed E-state index contributed by atoms with van der Waals surface area (Å²) in [5, 5.41) is 2.97. The number of unbranched alkanes of at least 4 members (excludes halogenated alkanes) is 1. The van der Waals surface area contributed by atoms with Crippen LogP contribution in [0.2, 0.25) is 0 Å². The Labute approximate surface area is 86.5 Å². The summed E-state index contributed by atoms with van der Waals surface area (Å²) in [6.45, 7) is 2.79. The highest BCUT2D eigenvalue weighted by atomic mass is 16.2. The topological polar surface area (TPSA) is 29.1 Å². The van der Waals surface area contributed by atoms with Crippen LogP contribution in [0.15, 0.2) is 0 Å². The first-order valence-electron chi connectivity index (χ1n) is 5.41. The van der Waals surface area contributed by atoms with Gasteiger partial charge in [-0.2, -0.15) is 0 Å². The fraction of sp³-hybridized carbons (Fsp3) is 0.750. The number of amides is 1. The highest BCUT2D eigenvalue weighted by Gasteiger charge is 2.35. The third kappa shape index (κ3) is 2.77. The van der Waals surface area contributed by atoms with E-state index in [0.29, 0.717) is 0 Å². The fourth-order valence-corrected chi connectivity index (χ4v) is 1.99. The summed E-state index contributed by atoms with van der Waals surface area (Å²) < 4.78 is 0. The molecule has 0 aliphatic heterocycles. The monoisotopic (exact) mass is 193 g/mol. The Balaban J connectivity index is 2.24. The van der Waals surface area contributed by atoms with Gasteiger partial charge in [0.1, 0.15) is 0 Å². The molecular weight excluding hydrogens is 174 g/mol. The molecule has 1 aliphatic rings. The summed E-state index contributed by atoms with van der Waals surface area (Å²) in [5.74, 6) is 2.78. The average molecular weight is 193 g/mol. The molecule has 1 rings (SSSR count). The minimum atomic E-state index is -0.101. The summed E-state index contributed by atoms with van der Waals surface area (Å²) >= 11 is 0. The molecule has 0 bridgehead atoms. The maximum atomic E-state index is 11.8. The Hall–Kier alpha value is -0.970. The number of terminal acetylenes is 1. The van der Waals surface area contributed by atoms with E-state index >= 15 is 0 Å². The van der Waals surface area contributed by atoms with E-state index in [0.717, 1.165) is 32.2 Å². The van der Waals surface area contributed by atoms with Crippen LogP contribution in [-0.2, 0) is 4.79 Å². The molecule has 1 aliphatic carbocycles. The van der Waals surface area contributed by atoms with Gasteiger partial charge in [0, 0.05) is 18.4 Å². The highest BCUT2D eigenvalue weighted by Crippen LogP contribution is 2.37. The largest absolute Gasteiger partial charge is 0.356 e. The summed E-state index contributed by atoms with van der Waals surface area (Å²) in [6.07, 6.45) is 11.2. The van der Waals surface area contributed by atoms with Crippen molar-refractivity contribution in [3.05, 3.63) is 0 Å². The van der Waals surface area contributed by atoms with Crippen molar-refractivity contribution in [1.82, 2.24) is 5.32 Å². The van der Waals surface area contributed by atoms with Crippen molar-refractivity contribution < 1.29 is 4.79 Å². The number of carbonyl (C=O) groups is 1. The van der Waals surface area contributed by atoms with Gasteiger partial charge in [0.2, 0.25) is 5.91 Å². The molecule has 14 heavy (non-hydrogen) atoms. The van der Waals surface area contributed by atoms with E-state index in [1.807, 2.05) is 0 Å². The molecule has 0 saturated heterocycles. The molecule has 1 N–H and O–H groups in total. The first-order chi connectivity index (χ1) is 6.69. The molecule has 2 nitrogen and oxygen atoms in total.